The number of hydrogen-bond acceptors (Lipinski definition) is 3. The minimum absolute atomic E-state index is 0.119. The molecule has 0 aromatic heterocycles. The molecule has 146 valence electrons. The van der Waals surface area contributed by atoms with Crippen LogP contribution in [-0.2, 0) is 4.79 Å². The lowest BCUT2D eigenvalue weighted by Crippen LogP contribution is -2.46. The van der Waals surface area contributed by atoms with Crippen molar-refractivity contribution in [1.29, 1.82) is 0 Å². The van der Waals surface area contributed by atoms with Gasteiger partial charge < -0.3 is 20.7 Å². The molecule has 0 fully saturated rings. The molecule has 2 aromatic carbocycles. The van der Waals surface area contributed by atoms with Crippen LogP contribution in [0.5, 0.6) is 5.75 Å². The minimum Gasteiger partial charge on any atom is -0.434 e. The SMILES string of the molecule is CC1=C(C(=O)Nc2ccc(Br)cc2)[C@@H](c2ccccc2OC(F)F)NC(=O)N1. The summed E-state index contributed by atoms with van der Waals surface area (Å²) in [5, 5.41) is 7.89. The molecule has 6 nitrogen and oxygen atoms in total. The van der Waals surface area contributed by atoms with Gasteiger partial charge in [-0.1, -0.05) is 34.1 Å². The Morgan fingerprint density at radius 2 is 1.86 bits per heavy atom. The van der Waals surface area contributed by atoms with E-state index in [9.17, 15) is 18.4 Å². The Hall–Kier alpha value is -2.94. The summed E-state index contributed by atoms with van der Waals surface area (Å²) in [5.74, 6) is -0.601. The number of carbonyl (C=O) groups is 2. The predicted octanol–water partition coefficient (Wildman–Crippen LogP) is 4.32. The van der Waals surface area contributed by atoms with Gasteiger partial charge in [0.05, 0.1) is 11.6 Å². The molecule has 1 aliphatic rings. The molecule has 3 amide bonds. The zero-order chi connectivity index (χ0) is 20.3. The molecule has 1 atom stereocenters. The average Bonchev–Trinajstić information content (AvgIpc) is 2.63. The van der Waals surface area contributed by atoms with Crippen LogP contribution in [0.25, 0.3) is 0 Å². The van der Waals surface area contributed by atoms with Gasteiger partial charge in [0.2, 0.25) is 0 Å². The number of rotatable bonds is 5. The van der Waals surface area contributed by atoms with Crippen molar-refractivity contribution >= 4 is 33.6 Å². The van der Waals surface area contributed by atoms with Crippen LogP contribution < -0.4 is 20.7 Å². The molecule has 3 N–H and O–H groups in total. The van der Waals surface area contributed by atoms with Crippen molar-refractivity contribution in [2.45, 2.75) is 19.6 Å². The third kappa shape index (κ3) is 4.48. The fourth-order valence-electron chi connectivity index (χ4n) is 2.88. The van der Waals surface area contributed by atoms with Gasteiger partial charge in [-0.25, -0.2) is 4.79 Å². The molecule has 3 rings (SSSR count). The smallest absolute Gasteiger partial charge is 0.387 e. The lowest BCUT2D eigenvalue weighted by molar-refractivity contribution is -0.113. The summed E-state index contributed by atoms with van der Waals surface area (Å²) in [6.07, 6.45) is 0. The first-order chi connectivity index (χ1) is 13.3. The van der Waals surface area contributed by atoms with E-state index in [1.54, 1.807) is 37.3 Å². The Morgan fingerprint density at radius 1 is 1.18 bits per heavy atom. The number of urea groups is 1. The van der Waals surface area contributed by atoms with Gasteiger partial charge >= 0.3 is 12.6 Å². The van der Waals surface area contributed by atoms with Crippen LogP contribution in [0.2, 0.25) is 0 Å². The van der Waals surface area contributed by atoms with Crippen molar-refractivity contribution in [2.24, 2.45) is 0 Å². The standard InChI is InChI=1S/C19H16BrF2N3O3/c1-10-15(17(26)24-12-8-6-11(20)7-9-12)16(25-19(27)23-10)13-4-2-3-5-14(13)28-18(21)22/h2-9,16,18H,1H3,(H,24,26)(H2,23,25,27)/t16-/m1/s1. The third-order valence-corrected chi connectivity index (χ3v) is 4.59. The maximum atomic E-state index is 12.9. The van der Waals surface area contributed by atoms with Crippen molar-refractivity contribution in [3.8, 4) is 5.75 Å². The fourth-order valence-corrected chi connectivity index (χ4v) is 3.15. The number of nitrogens with one attached hydrogen (secondary N) is 3. The molecular weight excluding hydrogens is 436 g/mol. The van der Waals surface area contributed by atoms with Gasteiger partial charge in [-0.3, -0.25) is 4.79 Å². The molecule has 28 heavy (non-hydrogen) atoms. The highest BCUT2D eigenvalue weighted by Gasteiger charge is 2.33. The van der Waals surface area contributed by atoms with Gasteiger partial charge in [-0.15, -0.1) is 0 Å². The van der Waals surface area contributed by atoms with E-state index in [1.165, 1.54) is 18.2 Å². The van der Waals surface area contributed by atoms with Crippen LogP contribution >= 0.6 is 15.9 Å². The van der Waals surface area contributed by atoms with Gasteiger partial charge in [-0.05, 0) is 37.3 Å². The second kappa shape index (κ2) is 8.39. The minimum atomic E-state index is -3.04. The molecule has 9 heteroatoms. The van der Waals surface area contributed by atoms with E-state index in [4.69, 9.17) is 0 Å². The van der Waals surface area contributed by atoms with E-state index >= 15 is 0 Å². The predicted molar refractivity (Wildman–Crippen MR) is 103 cm³/mol. The molecular formula is C19H16BrF2N3O3. The van der Waals surface area contributed by atoms with Crippen LogP contribution in [0.1, 0.15) is 18.5 Å². The molecule has 1 aliphatic heterocycles. The van der Waals surface area contributed by atoms with Crippen molar-refractivity contribution in [1.82, 2.24) is 10.6 Å². The van der Waals surface area contributed by atoms with E-state index in [1.807, 2.05) is 0 Å². The molecule has 0 saturated heterocycles. The van der Waals surface area contributed by atoms with Crippen LogP contribution in [0.4, 0.5) is 19.3 Å². The highest BCUT2D eigenvalue weighted by atomic mass is 79.9. The normalized spacial score (nSPS) is 16.5. The third-order valence-electron chi connectivity index (χ3n) is 4.06. The summed E-state index contributed by atoms with van der Waals surface area (Å²) in [7, 11) is 0. The van der Waals surface area contributed by atoms with E-state index in [-0.39, 0.29) is 16.9 Å². The van der Waals surface area contributed by atoms with Gasteiger partial charge in [0.25, 0.3) is 5.91 Å². The topological polar surface area (TPSA) is 79.5 Å². The van der Waals surface area contributed by atoms with E-state index in [2.05, 4.69) is 36.6 Å². The van der Waals surface area contributed by atoms with Crippen LogP contribution in [0.15, 0.2) is 64.3 Å². The molecule has 0 bridgehead atoms. The summed E-state index contributed by atoms with van der Waals surface area (Å²) < 4.78 is 31.0. The maximum absolute atomic E-state index is 12.9. The summed E-state index contributed by atoms with van der Waals surface area (Å²) in [4.78, 5) is 24.9. The number of anilines is 1. The summed E-state index contributed by atoms with van der Waals surface area (Å²) in [5.41, 5.74) is 1.29. The Morgan fingerprint density at radius 3 is 2.54 bits per heavy atom. The van der Waals surface area contributed by atoms with Crippen LogP contribution in [0.3, 0.4) is 0 Å². The molecule has 0 saturated carbocycles. The van der Waals surface area contributed by atoms with Gasteiger partial charge in [0, 0.05) is 21.4 Å². The first-order valence-electron chi connectivity index (χ1n) is 8.24. The van der Waals surface area contributed by atoms with Gasteiger partial charge in [0.15, 0.2) is 0 Å². The van der Waals surface area contributed by atoms with Crippen molar-refractivity contribution < 1.29 is 23.1 Å². The summed E-state index contributed by atoms with van der Waals surface area (Å²) >= 11 is 3.32. The molecule has 0 radical (unpaired) electrons. The highest BCUT2D eigenvalue weighted by Crippen LogP contribution is 2.34. The summed E-state index contributed by atoms with van der Waals surface area (Å²) in [6.45, 7) is -1.47. The summed E-state index contributed by atoms with van der Waals surface area (Å²) in [6, 6.07) is 11.5. The molecule has 0 unspecified atom stereocenters. The number of alkyl halides is 2. The van der Waals surface area contributed by atoms with Crippen molar-refractivity contribution in [3.63, 3.8) is 0 Å². The zero-order valence-corrected chi connectivity index (χ0v) is 16.2. The number of ether oxygens (including phenoxy) is 1. The molecule has 2 aromatic rings. The number of carbonyl (C=O) groups excluding carboxylic acids is 2. The molecule has 0 spiro atoms. The highest BCUT2D eigenvalue weighted by molar-refractivity contribution is 9.10. The van der Waals surface area contributed by atoms with Crippen molar-refractivity contribution in [3.05, 3.63) is 69.8 Å². The Balaban J connectivity index is 1.97. The largest absolute Gasteiger partial charge is 0.434 e. The monoisotopic (exact) mass is 451 g/mol. The Kier molecular flexibility index (Phi) is 5.93. The van der Waals surface area contributed by atoms with Crippen LogP contribution in [0, 0.1) is 0 Å². The second-order valence-electron chi connectivity index (χ2n) is 5.95. The van der Waals surface area contributed by atoms with Gasteiger partial charge in [0.1, 0.15) is 5.75 Å². The Bertz CT molecular complexity index is 932. The number of hydrogen-bond donors (Lipinski definition) is 3. The maximum Gasteiger partial charge on any atom is 0.387 e. The first-order valence-corrected chi connectivity index (χ1v) is 9.03. The quantitative estimate of drug-likeness (QED) is 0.633. The van der Waals surface area contributed by atoms with Crippen molar-refractivity contribution in [2.75, 3.05) is 5.32 Å². The van der Waals surface area contributed by atoms with Crippen LogP contribution in [-0.4, -0.2) is 18.5 Å². The number of amides is 3. The average molecular weight is 452 g/mol. The van der Waals surface area contributed by atoms with E-state index in [0.29, 0.717) is 11.4 Å². The number of allylic oxidation sites excluding steroid dienone is 1. The second-order valence-corrected chi connectivity index (χ2v) is 6.86. The number of para-hydroxylation sites is 1. The van der Waals surface area contributed by atoms with E-state index < -0.39 is 24.6 Å². The Labute approximate surface area is 168 Å². The lowest BCUT2D eigenvalue weighted by Gasteiger charge is -2.29. The lowest BCUT2D eigenvalue weighted by atomic mass is 9.94. The first kappa shape index (κ1) is 19.8. The van der Waals surface area contributed by atoms with E-state index in [0.717, 1.165) is 4.47 Å². The zero-order valence-electron chi connectivity index (χ0n) is 14.6. The van der Waals surface area contributed by atoms with Gasteiger partial charge in [-0.2, -0.15) is 8.78 Å². The fraction of sp³-hybridized carbons (Fsp3) is 0.158. The molecule has 1 heterocycles. The number of benzene rings is 2. The molecule has 0 aliphatic carbocycles. The number of halogens is 3.